The van der Waals surface area contributed by atoms with E-state index < -0.39 is 0 Å². The number of nitrogens with one attached hydrogen (secondary N) is 1. The van der Waals surface area contributed by atoms with Gasteiger partial charge in [0.2, 0.25) is 0 Å². The Balaban J connectivity index is 1.49. The van der Waals surface area contributed by atoms with Crippen molar-refractivity contribution >= 4 is 11.8 Å². The maximum Gasteiger partial charge on any atom is 0.251 e. The zero-order chi connectivity index (χ0) is 18.9. The van der Waals surface area contributed by atoms with E-state index in [1.54, 1.807) is 11.8 Å². The first-order valence-electron chi connectivity index (χ1n) is 9.14. The van der Waals surface area contributed by atoms with Gasteiger partial charge in [0, 0.05) is 24.1 Å². The summed E-state index contributed by atoms with van der Waals surface area (Å²) in [5.41, 5.74) is 2.99. The van der Waals surface area contributed by atoms with E-state index in [4.69, 9.17) is 4.74 Å². The quantitative estimate of drug-likeness (QED) is 0.330. The number of thioether (sulfide) groups is 1. The minimum Gasteiger partial charge on any atom is -0.369 e. The Bertz CT molecular complexity index is 842. The molecule has 27 heavy (non-hydrogen) atoms. The molecule has 1 heterocycles. The van der Waals surface area contributed by atoms with Crippen LogP contribution in [0.25, 0.3) is 0 Å². The van der Waals surface area contributed by atoms with Crippen LogP contribution < -0.4 is 5.56 Å². The van der Waals surface area contributed by atoms with Gasteiger partial charge in [0.1, 0.15) is 6.10 Å². The van der Waals surface area contributed by atoms with E-state index in [0.29, 0.717) is 11.8 Å². The maximum atomic E-state index is 11.5. The standard InChI is InChI=1S/C22H24N2O2S/c1-17-16-20(25)24-22(23-17)27-15-9-8-14-26-21(18-10-4-2-5-11-18)19-12-6-3-7-13-19/h2-7,10-13,16,21H,8-9,14-15H2,1H3,(H,23,24,25). The maximum absolute atomic E-state index is 11.5. The molecule has 0 amide bonds. The van der Waals surface area contributed by atoms with Gasteiger partial charge in [0.15, 0.2) is 5.16 Å². The van der Waals surface area contributed by atoms with Crippen molar-refractivity contribution in [3.8, 4) is 0 Å². The van der Waals surface area contributed by atoms with E-state index in [1.807, 2.05) is 43.3 Å². The van der Waals surface area contributed by atoms with Gasteiger partial charge >= 0.3 is 0 Å². The number of aryl methyl sites for hydroxylation is 1. The van der Waals surface area contributed by atoms with Crippen LogP contribution >= 0.6 is 11.8 Å². The van der Waals surface area contributed by atoms with Crippen molar-refractivity contribution in [3.05, 3.63) is 93.9 Å². The van der Waals surface area contributed by atoms with Crippen LogP contribution in [-0.4, -0.2) is 22.3 Å². The lowest BCUT2D eigenvalue weighted by Crippen LogP contribution is -2.09. The number of hydrogen-bond donors (Lipinski definition) is 1. The molecule has 0 atom stereocenters. The summed E-state index contributed by atoms with van der Waals surface area (Å²) in [5, 5.41) is 0.687. The summed E-state index contributed by atoms with van der Waals surface area (Å²) in [6.07, 6.45) is 1.91. The van der Waals surface area contributed by atoms with E-state index in [9.17, 15) is 4.79 Å². The number of hydrogen-bond acceptors (Lipinski definition) is 4. The summed E-state index contributed by atoms with van der Waals surface area (Å²) >= 11 is 1.58. The van der Waals surface area contributed by atoms with Crippen LogP contribution in [0.2, 0.25) is 0 Å². The number of benzene rings is 2. The van der Waals surface area contributed by atoms with Crippen LogP contribution in [0, 0.1) is 6.92 Å². The third kappa shape index (κ3) is 6.08. The largest absolute Gasteiger partial charge is 0.369 e. The number of ether oxygens (including phenoxy) is 1. The molecule has 0 bridgehead atoms. The Morgan fingerprint density at radius 1 is 1.00 bits per heavy atom. The highest BCUT2D eigenvalue weighted by molar-refractivity contribution is 7.99. The molecule has 0 saturated heterocycles. The highest BCUT2D eigenvalue weighted by Crippen LogP contribution is 2.26. The topological polar surface area (TPSA) is 55.0 Å². The van der Waals surface area contributed by atoms with Crippen molar-refractivity contribution < 1.29 is 4.74 Å². The number of nitrogens with zero attached hydrogens (tertiary/aromatic N) is 1. The van der Waals surface area contributed by atoms with E-state index in [-0.39, 0.29) is 11.7 Å². The molecule has 4 nitrogen and oxygen atoms in total. The lowest BCUT2D eigenvalue weighted by atomic mass is 10.0. The van der Waals surface area contributed by atoms with Gasteiger partial charge in [-0.1, -0.05) is 72.4 Å². The van der Waals surface area contributed by atoms with Gasteiger partial charge in [-0.25, -0.2) is 4.98 Å². The van der Waals surface area contributed by atoms with Crippen molar-refractivity contribution in [1.29, 1.82) is 0 Å². The van der Waals surface area contributed by atoms with Gasteiger partial charge in [-0.2, -0.15) is 0 Å². The molecule has 0 aliphatic rings. The Hall–Kier alpha value is -2.37. The summed E-state index contributed by atoms with van der Waals surface area (Å²) < 4.78 is 6.22. The zero-order valence-corrected chi connectivity index (χ0v) is 16.2. The fraction of sp³-hybridized carbons (Fsp3) is 0.273. The number of rotatable bonds is 9. The van der Waals surface area contributed by atoms with Crippen LogP contribution in [0.5, 0.6) is 0 Å². The van der Waals surface area contributed by atoms with Crippen molar-refractivity contribution in [1.82, 2.24) is 9.97 Å². The van der Waals surface area contributed by atoms with Gasteiger partial charge in [-0.3, -0.25) is 4.79 Å². The fourth-order valence-electron chi connectivity index (χ4n) is 2.83. The molecule has 1 aromatic heterocycles. The van der Waals surface area contributed by atoms with Crippen LogP contribution in [0.1, 0.15) is 35.8 Å². The SMILES string of the molecule is Cc1cc(=O)[nH]c(SCCCCOC(c2ccccc2)c2ccccc2)n1. The molecule has 0 aliphatic carbocycles. The predicted octanol–water partition coefficient (Wildman–Crippen LogP) is 4.76. The normalized spacial score (nSPS) is 11.0. The first-order valence-corrected chi connectivity index (χ1v) is 10.1. The molecular formula is C22H24N2O2S. The van der Waals surface area contributed by atoms with Gasteiger partial charge in [0.25, 0.3) is 5.56 Å². The van der Waals surface area contributed by atoms with Crippen LogP contribution in [0.4, 0.5) is 0 Å². The Morgan fingerprint density at radius 2 is 1.63 bits per heavy atom. The van der Waals surface area contributed by atoms with Gasteiger partial charge < -0.3 is 9.72 Å². The van der Waals surface area contributed by atoms with Crippen LogP contribution in [0.15, 0.2) is 76.7 Å². The highest BCUT2D eigenvalue weighted by Gasteiger charge is 2.13. The second-order valence-electron chi connectivity index (χ2n) is 6.32. The minimum absolute atomic E-state index is 0.0464. The summed E-state index contributed by atoms with van der Waals surface area (Å²) in [6, 6.07) is 22.1. The lowest BCUT2D eigenvalue weighted by Gasteiger charge is -2.19. The predicted molar refractivity (Wildman–Crippen MR) is 110 cm³/mol. The van der Waals surface area contributed by atoms with E-state index in [1.165, 1.54) is 17.2 Å². The number of H-pyrrole nitrogens is 1. The lowest BCUT2D eigenvalue weighted by molar-refractivity contribution is 0.0780. The van der Waals surface area contributed by atoms with Gasteiger partial charge in [-0.05, 0) is 30.9 Å². The molecule has 0 saturated carbocycles. The Labute approximate surface area is 164 Å². The van der Waals surface area contributed by atoms with Crippen LogP contribution in [-0.2, 0) is 4.74 Å². The van der Waals surface area contributed by atoms with Gasteiger partial charge in [0.05, 0.1) is 0 Å². The number of unbranched alkanes of at least 4 members (excludes halogenated alkanes) is 1. The molecule has 0 fully saturated rings. The smallest absolute Gasteiger partial charge is 0.251 e. The molecule has 1 N–H and O–H groups in total. The third-order valence-electron chi connectivity index (χ3n) is 4.11. The molecule has 140 valence electrons. The first-order chi connectivity index (χ1) is 13.2. The molecule has 0 unspecified atom stereocenters. The van der Waals surface area contributed by atoms with Crippen molar-refractivity contribution in [2.45, 2.75) is 31.0 Å². The summed E-state index contributed by atoms with van der Waals surface area (Å²) in [4.78, 5) is 18.6. The Morgan fingerprint density at radius 3 is 2.22 bits per heavy atom. The molecule has 0 radical (unpaired) electrons. The number of aromatic amines is 1. The molecule has 3 rings (SSSR count). The molecule has 0 spiro atoms. The van der Waals surface area contributed by atoms with Gasteiger partial charge in [-0.15, -0.1) is 0 Å². The molecule has 0 aliphatic heterocycles. The minimum atomic E-state index is -0.0955. The fourth-order valence-corrected chi connectivity index (χ4v) is 3.76. The molecular weight excluding hydrogens is 356 g/mol. The summed E-state index contributed by atoms with van der Waals surface area (Å²) in [6.45, 7) is 2.52. The average Bonchev–Trinajstić information content (AvgIpc) is 2.68. The van der Waals surface area contributed by atoms with Crippen LogP contribution in [0.3, 0.4) is 0 Å². The summed E-state index contributed by atoms with van der Waals surface area (Å²) in [7, 11) is 0. The zero-order valence-electron chi connectivity index (χ0n) is 15.4. The van der Waals surface area contributed by atoms with Crippen molar-refractivity contribution in [2.75, 3.05) is 12.4 Å². The van der Waals surface area contributed by atoms with E-state index >= 15 is 0 Å². The van der Waals surface area contributed by atoms with Crippen molar-refractivity contribution in [2.24, 2.45) is 0 Å². The average molecular weight is 381 g/mol. The third-order valence-corrected chi connectivity index (χ3v) is 5.07. The second kappa shape index (κ2) is 10.1. The molecule has 2 aromatic carbocycles. The van der Waals surface area contributed by atoms with E-state index in [0.717, 1.165) is 24.3 Å². The molecule has 5 heteroatoms. The first kappa shape index (κ1) is 19.4. The Kier molecular flexibility index (Phi) is 7.25. The highest BCUT2D eigenvalue weighted by atomic mass is 32.2. The number of aromatic nitrogens is 2. The van der Waals surface area contributed by atoms with Crippen molar-refractivity contribution in [3.63, 3.8) is 0 Å². The summed E-state index contributed by atoms with van der Waals surface area (Å²) in [5.74, 6) is 0.900. The van der Waals surface area contributed by atoms with E-state index in [2.05, 4.69) is 34.2 Å². The second-order valence-corrected chi connectivity index (χ2v) is 7.40. The monoisotopic (exact) mass is 380 g/mol. The molecule has 3 aromatic rings.